The lowest BCUT2D eigenvalue weighted by atomic mass is 9.76. The van der Waals surface area contributed by atoms with E-state index in [1.165, 1.54) is 18.6 Å². The summed E-state index contributed by atoms with van der Waals surface area (Å²) in [5.41, 5.74) is 0.508. The van der Waals surface area contributed by atoms with Crippen molar-refractivity contribution in [1.29, 1.82) is 0 Å². The predicted molar refractivity (Wildman–Crippen MR) is 60.2 cm³/mol. The maximum atomic E-state index is 13.2. The Hall–Kier alpha value is -0.960. The molecule has 2 rings (SSSR count). The first-order valence-corrected chi connectivity index (χ1v) is 5.82. The monoisotopic (exact) mass is 225 g/mol. The summed E-state index contributed by atoms with van der Waals surface area (Å²) in [6.07, 6.45) is 5.33. The van der Waals surface area contributed by atoms with Gasteiger partial charge in [0.05, 0.1) is 0 Å². The molecule has 0 aromatic heterocycles. The van der Waals surface area contributed by atoms with Crippen LogP contribution < -0.4 is 5.32 Å². The van der Waals surface area contributed by atoms with Gasteiger partial charge in [0.25, 0.3) is 0 Å². The van der Waals surface area contributed by atoms with Gasteiger partial charge in [0.2, 0.25) is 0 Å². The lowest BCUT2D eigenvalue weighted by Gasteiger charge is -2.37. The maximum Gasteiger partial charge on any atom is 0.126 e. The van der Waals surface area contributed by atoms with Crippen molar-refractivity contribution in [3.63, 3.8) is 0 Å². The van der Waals surface area contributed by atoms with Crippen molar-refractivity contribution in [1.82, 2.24) is 5.32 Å². The molecule has 3 heteroatoms. The molecule has 1 saturated carbocycles. The molecule has 0 unspecified atom stereocenters. The Morgan fingerprint density at radius 3 is 2.06 bits per heavy atom. The summed E-state index contributed by atoms with van der Waals surface area (Å²) < 4.78 is 26.4. The van der Waals surface area contributed by atoms with E-state index in [2.05, 4.69) is 5.32 Å². The average Bonchev–Trinajstić information content (AvgIpc) is 2.28. The van der Waals surface area contributed by atoms with Gasteiger partial charge in [0.15, 0.2) is 0 Å². The third-order valence-corrected chi connectivity index (χ3v) is 3.60. The molecule has 0 atom stereocenters. The average molecular weight is 225 g/mol. The normalized spacial score (nSPS) is 19.7. The van der Waals surface area contributed by atoms with E-state index < -0.39 is 11.6 Å². The number of nitrogens with one attached hydrogen (secondary N) is 1. The van der Waals surface area contributed by atoms with Gasteiger partial charge in [-0.2, -0.15) is 0 Å². The van der Waals surface area contributed by atoms with Crippen LogP contribution in [0.25, 0.3) is 0 Å². The van der Waals surface area contributed by atoms with Gasteiger partial charge in [-0.3, -0.25) is 0 Å². The zero-order valence-corrected chi connectivity index (χ0v) is 9.52. The molecule has 1 N–H and O–H groups in total. The summed E-state index contributed by atoms with van der Waals surface area (Å²) in [6, 6.07) is 3.82. The van der Waals surface area contributed by atoms with E-state index in [-0.39, 0.29) is 5.54 Å². The Kier molecular flexibility index (Phi) is 3.24. The molecule has 1 aliphatic rings. The minimum Gasteiger partial charge on any atom is -0.310 e. The van der Waals surface area contributed by atoms with Crippen molar-refractivity contribution in [2.75, 3.05) is 7.05 Å². The third kappa shape index (κ3) is 2.09. The number of rotatable bonds is 2. The molecule has 1 aromatic rings. The lowest BCUT2D eigenvalue weighted by molar-refractivity contribution is 0.248. The van der Waals surface area contributed by atoms with Crippen LogP contribution in [0.4, 0.5) is 8.78 Å². The first kappa shape index (κ1) is 11.5. The summed E-state index contributed by atoms with van der Waals surface area (Å²) in [7, 11) is 1.87. The fraction of sp³-hybridized carbons (Fsp3) is 0.538. The molecule has 16 heavy (non-hydrogen) atoms. The van der Waals surface area contributed by atoms with Crippen molar-refractivity contribution < 1.29 is 8.78 Å². The molecule has 88 valence electrons. The highest BCUT2D eigenvalue weighted by atomic mass is 19.1. The van der Waals surface area contributed by atoms with Crippen molar-refractivity contribution >= 4 is 0 Å². The number of halogens is 2. The van der Waals surface area contributed by atoms with Crippen molar-refractivity contribution in [2.45, 2.75) is 37.6 Å². The minimum atomic E-state index is -0.491. The van der Waals surface area contributed by atoms with E-state index in [0.29, 0.717) is 0 Å². The molecule has 0 spiro atoms. The molecule has 1 aromatic carbocycles. The van der Waals surface area contributed by atoms with Gasteiger partial charge in [-0.05, 0) is 37.6 Å². The molecule has 0 saturated heterocycles. The van der Waals surface area contributed by atoms with Gasteiger partial charge in [-0.15, -0.1) is 0 Å². The van der Waals surface area contributed by atoms with Crippen LogP contribution in [0.3, 0.4) is 0 Å². The Balaban J connectivity index is 2.38. The molecular weight excluding hydrogens is 208 g/mol. The van der Waals surface area contributed by atoms with Crippen LogP contribution in [0.15, 0.2) is 18.2 Å². The van der Waals surface area contributed by atoms with Gasteiger partial charge in [-0.25, -0.2) is 8.78 Å². The van der Waals surface area contributed by atoms with Crippen molar-refractivity contribution in [3.8, 4) is 0 Å². The molecular formula is C13H17F2N. The summed E-state index contributed by atoms with van der Waals surface area (Å²) in [4.78, 5) is 0. The van der Waals surface area contributed by atoms with Crippen LogP contribution in [-0.2, 0) is 5.54 Å². The first-order chi connectivity index (χ1) is 7.66. The van der Waals surface area contributed by atoms with E-state index in [4.69, 9.17) is 0 Å². The van der Waals surface area contributed by atoms with Gasteiger partial charge in [0, 0.05) is 11.6 Å². The summed E-state index contributed by atoms with van der Waals surface area (Å²) in [6.45, 7) is 0. The number of benzene rings is 1. The molecule has 0 radical (unpaired) electrons. The van der Waals surface area contributed by atoms with E-state index in [1.807, 2.05) is 7.05 Å². The van der Waals surface area contributed by atoms with Gasteiger partial charge in [-0.1, -0.05) is 19.3 Å². The Labute approximate surface area is 94.9 Å². The highest BCUT2D eigenvalue weighted by Gasteiger charge is 2.32. The van der Waals surface area contributed by atoms with Crippen molar-refractivity contribution in [2.24, 2.45) is 0 Å². The van der Waals surface area contributed by atoms with Crippen LogP contribution >= 0.6 is 0 Å². The molecule has 1 nitrogen and oxygen atoms in total. The fourth-order valence-electron chi connectivity index (χ4n) is 2.67. The number of hydrogen-bond acceptors (Lipinski definition) is 1. The highest BCUT2D eigenvalue weighted by molar-refractivity contribution is 5.26. The Morgan fingerprint density at radius 2 is 1.56 bits per heavy atom. The van der Waals surface area contributed by atoms with Gasteiger partial charge < -0.3 is 5.32 Å². The van der Waals surface area contributed by atoms with Gasteiger partial charge in [0.1, 0.15) is 11.6 Å². The molecule has 0 amide bonds. The summed E-state index contributed by atoms with van der Waals surface area (Å²) >= 11 is 0. The van der Waals surface area contributed by atoms with E-state index >= 15 is 0 Å². The fourth-order valence-corrected chi connectivity index (χ4v) is 2.67. The standard InChI is InChI=1S/C13H17F2N/c1-16-13(5-3-2-4-6-13)10-7-11(14)9-12(15)8-10/h7-9,16H,2-6H2,1H3. The van der Waals surface area contributed by atoms with Crippen LogP contribution in [0.2, 0.25) is 0 Å². The second-order valence-electron chi connectivity index (χ2n) is 4.55. The van der Waals surface area contributed by atoms with Gasteiger partial charge >= 0.3 is 0 Å². The molecule has 1 aliphatic carbocycles. The predicted octanol–water partition coefficient (Wildman–Crippen LogP) is 3.34. The molecule has 0 aliphatic heterocycles. The quantitative estimate of drug-likeness (QED) is 0.814. The summed E-state index contributed by atoms with van der Waals surface area (Å²) in [5.74, 6) is -0.981. The third-order valence-electron chi connectivity index (χ3n) is 3.60. The lowest BCUT2D eigenvalue weighted by Crippen LogP contribution is -2.41. The molecule has 0 bridgehead atoms. The van der Waals surface area contributed by atoms with E-state index in [9.17, 15) is 8.78 Å². The van der Waals surface area contributed by atoms with Crippen LogP contribution in [-0.4, -0.2) is 7.05 Å². The highest BCUT2D eigenvalue weighted by Crippen LogP contribution is 2.37. The second-order valence-corrected chi connectivity index (χ2v) is 4.55. The minimum absolute atomic E-state index is 0.235. The summed E-state index contributed by atoms with van der Waals surface area (Å²) in [5, 5.41) is 3.25. The zero-order chi connectivity index (χ0) is 11.6. The van der Waals surface area contributed by atoms with E-state index in [0.717, 1.165) is 37.3 Å². The second kappa shape index (κ2) is 4.50. The Morgan fingerprint density at radius 1 is 1.00 bits per heavy atom. The van der Waals surface area contributed by atoms with Crippen LogP contribution in [0.5, 0.6) is 0 Å². The maximum absolute atomic E-state index is 13.2. The molecule has 0 heterocycles. The zero-order valence-electron chi connectivity index (χ0n) is 9.52. The van der Waals surface area contributed by atoms with E-state index in [1.54, 1.807) is 0 Å². The first-order valence-electron chi connectivity index (χ1n) is 5.82. The van der Waals surface area contributed by atoms with Crippen LogP contribution in [0.1, 0.15) is 37.7 Å². The van der Waals surface area contributed by atoms with Crippen molar-refractivity contribution in [3.05, 3.63) is 35.4 Å². The Bertz CT molecular complexity index is 350. The largest absolute Gasteiger partial charge is 0.310 e. The van der Waals surface area contributed by atoms with Crippen LogP contribution in [0, 0.1) is 11.6 Å². The number of hydrogen-bond donors (Lipinski definition) is 1. The SMILES string of the molecule is CNC1(c2cc(F)cc(F)c2)CCCCC1. The smallest absolute Gasteiger partial charge is 0.126 e. The molecule has 1 fully saturated rings. The topological polar surface area (TPSA) is 12.0 Å².